The number of ether oxygens (including phenoxy) is 1. The lowest BCUT2D eigenvalue weighted by molar-refractivity contribution is -0.122. The van der Waals surface area contributed by atoms with E-state index in [9.17, 15) is 14.4 Å². The molecule has 0 fully saturated rings. The van der Waals surface area contributed by atoms with Crippen molar-refractivity contribution < 1.29 is 19.1 Å². The predicted molar refractivity (Wildman–Crippen MR) is 89.0 cm³/mol. The molecule has 0 atom stereocenters. The largest absolute Gasteiger partial charge is 0.497 e. The van der Waals surface area contributed by atoms with E-state index in [1.807, 2.05) is 0 Å². The van der Waals surface area contributed by atoms with Crippen molar-refractivity contribution in [1.82, 2.24) is 4.98 Å². The van der Waals surface area contributed by atoms with Gasteiger partial charge in [0, 0.05) is 36.5 Å². The maximum absolute atomic E-state index is 11.9. The van der Waals surface area contributed by atoms with Gasteiger partial charge >= 0.3 is 0 Å². The first-order valence-corrected chi connectivity index (χ1v) is 7.47. The number of nitrogens with zero attached hydrogens (tertiary/aromatic N) is 1. The van der Waals surface area contributed by atoms with Crippen molar-refractivity contribution in [2.45, 2.75) is 19.3 Å². The SMILES string of the molecule is COc1ccc(NC(=O)CCC(=O)CC(=O)c2ccncc2)cc1. The van der Waals surface area contributed by atoms with Crippen LogP contribution in [-0.2, 0) is 9.59 Å². The number of methoxy groups -OCH3 is 1. The molecule has 2 rings (SSSR count). The summed E-state index contributed by atoms with van der Waals surface area (Å²) in [6.45, 7) is 0. The van der Waals surface area contributed by atoms with Crippen LogP contribution in [0.25, 0.3) is 0 Å². The van der Waals surface area contributed by atoms with E-state index in [4.69, 9.17) is 4.74 Å². The number of anilines is 1. The molecule has 0 saturated carbocycles. The minimum atomic E-state index is -0.273. The summed E-state index contributed by atoms with van der Waals surface area (Å²) in [5.41, 5.74) is 1.07. The number of carbonyl (C=O) groups is 3. The van der Waals surface area contributed by atoms with Crippen molar-refractivity contribution in [3.8, 4) is 5.75 Å². The van der Waals surface area contributed by atoms with Gasteiger partial charge in [-0.2, -0.15) is 0 Å². The van der Waals surface area contributed by atoms with Crippen molar-refractivity contribution in [2.75, 3.05) is 12.4 Å². The van der Waals surface area contributed by atoms with Crippen LogP contribution in [-0.4, -0.2) is 29.6 Å². The number of hydrogen-bond donors (Lipinski definition) is 1. The third-order valence-electron chi connectivity index (χ3n) is 3.36. The predicted octanol–water partition coefficient (Wildman–Crippen LogP) is 2.65. The van der Waals surface area contributed by atoms with E-state index in [1.54, 1.807) is 43.5 Å². The van der Waals surface area contributed by atoms with Crippen LogP contribution in [0.4, 0.5) is 5.69 Å². The Balaban J connectivity index is 1.76. The Morgan fingerprint density at radius 2 is 1.67 bits per heavy atom. The van der Waals surface area contributed by atoms with Crippen molar-refractivity contribution in [2.24, 2.45) is 0 Å². The molecule has 24 heavy (non-hydrogen) atoms. The first-order valence-electron chi connectivity index (χ1n) is 7.47. The van der Waals surface area contributed by atoms with Crippen LogP contribution in [0.15, 0.2) is 48.8 Å². The average molecular weight is 326 g/mol. The molecule has 1 heterocycles. The monoisotopic (exact) mass is 326 g/mol. The van der Waals surface area contributed by atoms with Crippen LogP contribution in [0.3, 0.4) is 0 Å². The first kappa shape index (κ1) is 17.3. The summed E-state index contributed by atoms with van der Waals surface area (Å²) in [6.07, 6.45) is 2.85. The molecule has 1 aromatic carbocycles. The maximum atomic E-state index is 11.9. The molecule has 0 bridgehead atoms. The summed E-state index contributed by atoms with van der Waals surface area (Å²) in [7, 11) is 1.56. The molecule has 0 saturated heterocycles. The zero-order valence-corrected chi connectivity index (χ0v) is 13.3. The number of hydrogen-bond acceptors (Lipinski definition) is 5. The number of rotatable bonds is 8. The van der Waals surface area contributed by atoms with Crippen molar-refractivity contribution in [3.63, 3.8) is 0 Å². The summed E-state index contributed by atoms with van der Waals surface area (Å²) in [5.74, 6) is -0.109. The van der Waals surface area contributed by atoms with Gasteiger partial charge in [-0.05, 0) is 36.4 Å². The minimum Gasteiger partial charge on any atom is -0.497 e. The van der Waals surface area contributed by atoms with E-state index < -0.39 is 0 Å². The molecule has 0 radical (unpaired) electrons. The number of aromatic nitrogens is 1. The lowest BCUT2D eigenvalue weighted by Crippen LogP contribution is -2.15. The van der Waals surface area contributed by atoms with E-state index in [-0.39, 0.29) is 36.7 Å². The van der Waals surface area contributed by atoms with Gasteiger partial charge in [0.15, 0.2) is 5.78 Å². The number of ketones is 2. The van der Waals surface area contributed by atoms with Crippen LogP contribution < -0.4 is 10.1 Å². The Hall–Kier alpha value is -3.02. The Labute approximate surface area is 139 Å². The Morgan fingerprint density at radius 3 is 2.29 bits per heavy atom. The van der Waals surface area contributed by atoms with Crippen LogP contribution in [0.5, 0.6) is 5.75 Å². The molecule has 1 amide bonds. The van der Waals surface area contributed by atoms with E-state index in [1.165, 1.54) is 12.4 Å². The van der Waals surface area contributed by atoms with Gasteiger partial charge < -0.3 is 10.1 Å². The summed E-state index contributed by atoms with van der Waals surface area (Å²) in [6, 6.07) is 10.0. The molecule has 124 valence electrons. The van der Waals surface area contributed by atoms with E-state index in [2.05, 4.69) is 10.3 Å². The molecule has 0 aliphatic rings. The number of amides is 1. The topological polar surface area (TPSA) is 85.4 Å². The summed E-state index contributed by atoms with van der Waals surface area (Å²) in [5, 5.41) is 2.69. The Morgan fingerprint density at radius 1 is 1.00 bits per heavy atom. The van der Waals surface area contributed by atoms with Crippen LogP contribution in [0.1, 0.15) is 29.6 Å². The standard InChI is InChI=1S/C18H18N2O4/c1-24-16-5-2-14(3-6-16)20-18(23)7-4-15(21)12-17(22)13-8-10-19-11-9-13/h2-3,5-6,8-11H,4,7,12H2,1H3,(H,20,23). The molecule has 0 aliphatic carbocycles. The second kappa shape index (κ2) is 8.57. The van der Waals surface area contributed by atoms with Crippen molar-refractivity contribution in [1.29, 1.82) is 0 Å². The highest BCUT2D eigenvalue weighted by atomic mass is 16.5. The smallest absolute Gasteiger partial charge is 0.224 e. The molecule has 0 unspecified atom stereocenters. The number of Topliss-reactive ketones (excluding diaryl/α,β-unsaturated/α-hetero) is 2. The highest BCUT2D eigenvalue weighted by molar-refractivity contribution is 6.08. The second-order valence-electron chi connectivity index (χ2n) is 5.15. The molecule has 1 N–H and O–H groups in total. The highest BCUT2D eigenvalue weighted by Crippen LogP contribution is 2.15. The molecule has 1 aromatic heterocycles. The zero-order chi connectivity index (χ0) is 17.4. The second-order valence-corrected chi connectivity index (χ2v) is 5.15. The van der Waals surface area contributed by atoms with Crippen LogP contribution >= 0.6 is 0 Å². The lowest BCUT2D eigenvalue weighted by Gasteiger charge is -2.06. The van der Waals surface area contributed by atoms with Crippen molar-refractivity contribution >= 4 is 23.2 Å². The Kier molecular flexibility index (Phi) is 6.19. The third-order valence-corrected chi connectivity index (χ3v) is 3.36. The normalized spacial score (nSPS) is 10.0. The van der Waals surface area contributed by atoms with Gasteiger partial charge in [-0.15, -0.1) is 0 Å². The quantitative estimate of drug-likeness (QED) is 0.595. The van der Waals surface area contributed by atoms with E-state index in [0.29, 0.717) is 17.0 Å². The lowest BCUT2D eigenvalue weighted by atomic mass is 10.0. The summed E-state index contributed by atoms with van der Waals surface area (Å²) < 4.78 is 5.03. The van der Waals surface area contributed by atoms with Gasteiger partial charge in [-0.3, -0.25) is 19.4 Å². The minimum absolute atomic E-state index is 0.0266. The van der Waals surface area contributed by atoms with Gasteiger partial charge in [0.1, 0.15) is 11.5 Å². The van der Waals surface area contributed by atoms with E-state index in [0.717, 1.165) is 0 Å². The van der Waals surface area contributed by atoms with Crippen molar-refractivity contribution in [3.05, 3.63) is 54.4 Å². The first-order chi connectivity index (χ1) is 11.6. The molecule has 6 nitrogen and oxygen atoms in total. The molecule has 0 spiro atoms. The molecular weight excluding hydrogens is 308 g/mol. The highest BCUT2D eigenvalue weighted by Gasteiger charge is 2.13. The maximum Gasteiger partial charge on any atom is 0.224 e. The number of nitrogens with one attached hydrogen (secondary N) is 1. The molecule has 2 aromatic rings. The molecule has 0 aliphatic heterocycles. The van der Waals surface area contributed by atoms with Gasteiger partial charge in [0.05, 0.1) is 13.5 Å². The number of benzene rings is 1. The molecule has 6 heteroatoms. The fourth-order valence-corrected chi connectivity index (χ4v) is 2.06. The van der Waals surface area contributed by atoms with Gasteiger partial charge in [0.25, 0.3) is 0 Å². The van der Waals surface area contributed by atoms with Gasteiger partial charge in [0.2, 0.25) is 5.91 Å². The third kappa shape index (κ3) is 5.31. The fraction of sp³-hybridized carbons (Fsp3) is 0.222. The van der Waals surface area contributed by atoms with Gasteiger partial charge in [-0.1, -0.05) is 0 Å². The van der Waals surface area contributed by atoms with E-state index >= 15 is 0 Å². The number of pyridine rings is 1. The summed E-state index contributed by atoms with van der Waals surface area (Å²) >= 11 is 0. The average Bonchev–Trinajstić information content (AvgIpc) is 2.61. The number of carbonyl (C=O) groups excluding carboxylic acids is 3. The van der Waals surface area contributed by atoms with Crippen LogP contribution in [0, 0.1) is 0 Å². The zero-order valence-electron chi connectivity index (χ0n) is 13.3. The molecular formula is C18H18N2O4. The summed E-state index contributed by atoms with van der Waals surface area (Å²) in [4.78, 5) is 39.4. The fourth-order valence-electron chi connectivity index (χ4n) is 2.06. The van der Waals surface area contributed by atoms with Gasteiger partial charge in [-0.25, -0.2) is 0 Å². The Bertz CT molecular complexity index is 712. The van der Waals surface area contributed by atoms with Crippen LogP contribution in [0.2, 0.25) is 0 Å².